The van der Waals surface area contributed by atoms with E-state index < -0.39 is 24.8 Å². The summed E-state index contributed by atoms with van der Waals surface area (Å²) in [5.74, 6) is -2.31. The van der Waals surface area contributed by atoms with E-state index in [1.165, 1.54) is 0 Å². The first-order valence-corrected chi connectivity index (χ1v) is 11.4. The van der Waals surface area contributed by atoms with Crippen molar-refractivity contribution >= 4 is 23.5 Å². The van der Waals surface area contributed by atoms with Crippen LogP contribution in [-0.4, -0.2) is 46.9 Å². The van der Waals surface area contributed by atoms with Gasteiger partial charge in [-0.05, 0) is 37.5 Å². The third kappa shape index (κ3) is 35.7. The number of carbonyl (C=O) groups is 4. The van der Waals surface area contributed by atoms with E-state index in [0.29, 0.717) is 50.7 Å². The van der Waals surface area contributed by atoms with Crippen LogP contribution >= 0.6 is 0 Å². The first kappa shape index (κ1) is 42.1. The van der Waals surface area contributed by atoms with E-state index in [0.717, 1.165) is 0 Å². The molecule has 0 fully saturated rings. The monoisotopic (exact) mass is 510 g/mol. The summed E-state index contributed by atoms with van der Waals surface area (Å²) in [5.41, 5.74) is 0. The first-order valence-electron chi connectivity index (χ1n) is 11.4. The summed E-state index contributed by atoms with van der Waals surface area (Å²) >= 11 is 0. The van der Waals surface area contributed by atoms with E-state index in [1.807, 2.05) is 55.4 Å². The van der Waals surface area contributed by atoms with Crippen LogP contribution in [0, 0.1) is 23.7 Å². The molecule has 0 aliphatic carbocycles. The van der Waals surface area contributed by atoms with Crippen LogP contribution in [0.1, 0.15) is 93.9 Å². The molecule has 0 amide bonds. The summed E-state index contributed by atoms with van der Waals surface area (Å²) in [6, 6.07) is 0. The molecule has 0 aromatic rings. The summed E-state index contributed by atoms with van der Waals surface area (Å²) in [7, 11) is 0. The van der Waals surface area contributed by atoms with Crippen LogP contribution < -0.4 is 10.2 Å². The first-order chi connectivity index (χ1) is 14.8. The summed E-state index contributed by atoms with van der Waals surface area (Å²) in [6.45, 7) is 16.0. The van der Waals surface area contributed by atoms with E-state index in [2.05, 4.69) is 0 Å². The van der Waals surface area contributed by atoms with Gasteiger partial charge in [0, 0.05) is 49.8 Å². The number of carbonyl (C=O) groups excluding carboxylic acids is 4. The van der Waals surface area contributed by atoms with Gasteiger partial charge < -0.3 is 30.0 Å². The third-order valence-corrected chi connectivity index (χ3v) is 4.25. The molecule has 0 bridgehead atoms. The van der Waals surface area contributed by atoms with Crippen LogP contribution in [0.25, 0.3) is 0 Å². The Morgan fingerprint density at radius 1 is 0.606 bits per heavy atom. The van der Waals surface area contributed by atoms with Gasteiger partial charge in [0.25, 0.3) is 0 Å². The van der Waals surface area contributed by atoms with E-state index in [-0.39, 0.29) is 45.1 Å². The van der Waals surface area contributed by atoms with Crippen LogP contribution in [0.3, 0.4) is 0 Å². The molecule has 0 unspecified atom stereocenters. The molecule has 33 heavy (non-hydrogen) atoms. The van der Waals surface area contributed by atoms with Gasteiger partial charge in [-0.15, -0.1) is 0 Å². The van der Waals surface area contributed by atoms with Crippen molar-refractivity contribution in [1.29, 1.82) is 0 Å². The van der Waals surface area contributed by atoms with Gasteiger partial charge in [0.1, 0.15) is 11.6 Å². The number of carboxylic acids is 2. The van der Waals surface area contributed by atoms with Gasteiger partial charge in [-0.1, -0.05) is 55.4 Å². The molecule has 0 aromatic carbocycles. The molecule has 0 aliphatic rings. The van der Waals surface area contributed by atoms with Crippen LogP contribution in [0.5, 0.6) is 0 Å². The van der Waals surface area contributed by atoms with Gasteiger partial charge in [-0.25, -0.2) is 0 Å². The number of aliphatic hydroxyl groups is 2. The molecule has 194 valence electrons. The predicted octanol–water partition coefficient (Wildman–Crippen LogP) is 1.53. The van der Waals surface area contributed by atoms with Gasteiger partial charge in [-0.3, -0.25) is 9.59 Å². The van der Waals surface area contributed by atoms with E-state index in [4.69, 9.17) is 10.2 Å². The molecule has 8 nitrogen and oxygen atoms in total. The smallest absolute Gasteiger partial charge is 0.550 e. The van der Waals surface area contributed by atoms with Crippen molar-refractivity contribution in [3.05, 3.63) is 0 Å². The van der Waals surface area contributed by atoms with Gasteiger partial charge in [0.2, 0.25) is 0 Å². The molecular weight excluding hydrogens is 464 g/mol. The summed E-state index contributed by atoms with van der Waals surface area (Å²) in [5, 5.41) is 36.3. The van der Waals surface area contributed by atoms with Crippen molar-refractivity contribution in [3.8, 4) is 0 Å². The Bertz CT molecular complexity index is 441. The number of rotatable bonds is 12. The molecule has 0 aromatic heterocycles. The number of Topliss-reactive ketones (excluding diaryl/α,β-unsaturated/α-hetero) is 2. The molecule has 0 spiro atoms. The topological polar surface area (TPSA) is 155 Å². The maximum absolute atomic E-state index is 11.0. The average Bonchev–Trinajstić information content (AvgIpc) is 2.70. The molecule has 0 atom stereocenters. The number of hydrogen-bond donors (Lipinski definition) is 2. The fourth-order valence-corrected chi connectivity index (χ4v) is 2.06. The third-order valence-electron chi connectivity index (χ3n) is 4.25. The molecule has 2 N–H and O–H groups in total. The Morgan fingerprint density at radius 3 is 0.879 bits per heavy atom. The Morgan fingerprint density at radius 2 is 0.788 bits per heavy atom. The van der Waals surface area contributed by atoms with Crippen LogP contribution in [0.2, 0.25) is 0 Å². The molecule has 9 heteroatoms. The second-order valence-electron chi connectivity index (χ2n) is 8.21. The van der Waals surface area contributed by atoms with Gasteiger partial charge in [0.05, 0.1) is 0 Å². The predicted molar refractivity (Wildman–Crippen MR) is 121 cm³/mol. The fourth-order valence-electron chi connectivity index (χ4n) is 2.06. The van der Waals surface area contributed by atoms with Crippen molar-refractivity contribution in [2.45, 2.75) is 93.9 Å². The zero-order valence-electron chi connectivity index (χ0n) is 21.8. The average molecular weight is 510 g/mol. The van der Waals surface area contributed by atoms with Crippen molar-refractivity contribution < 1.29 is 61.3 Å². The van der Waals surface area contributed by atoms with Crippen molar-refractivity contribution in [1.82, 2.24) is 0 Å². The summed E-state index contributed by atoms with van der Waals surface area (Å²) < 4.78 is 0. The standard InChI is InChI=1S/2C8H14O3.2C4H10O.Ti/c2*1-3-6(4-2)7(9)5-8(10)11;2*1-4(2)3-5;/h2*6H,3-5H2,1-2H3,(H,10,11);2*4-5H,3H2,1-2H3;/q;;;;+2/p-2. The van der Waals surface area contributed by atoms with Gasteiger partial charge in [-0.2, -0.15) is 0 Å². The summed E-state index contributed by atoms with van der Waals surface area (Å²) in [4.78, 5) is 42.0. The molecule has 0 radical (unpaired) electrons. The fraction of sp³-hybridized carbons (Fsp3) is 0.833. The molecule has 0 saturated heterocycles. The second kappa shape index (κ2) is 28.9. The number of aliphatic carboxylic acids is 2. The number of ketones is 2. The van der Waals surface area contributed by atoms with E-state index in [1.54, 1.807) is 0 Å². The minimum atomic E-state index is -1.28. The van der Waals surface area contributed by atoms with E-state index >= 15 is 0 Å². The number of hydrogen-bond acceptors (Lipinski definition) is 8. The van der Waals surface area contributed by atoms with Crippen LogP contribution in [0.4, 0.5) is 0 Å². The summed E-state index contributed by atoms with van der Waals surface area (Å²) in [6.07, 6.45) is 1.97. The number of carboxylic acid groups (broad SMARTS) is 2. The molecule has 0 heterocycles. The SMILES string of the molecule is CC(C)CO.CC(C)CO.CCC(CC)C(=O)CC(=O)[O-].CCC(CC)C(=O)CC(=O)[O-].[Ti+2]. The normalized spacial score (nSPS) is 9.64. The van der Waals surface area contributed by atoms with Crippen LogP contribution in [0.15, 0.2) is 0 Å². The number of aliphatic hydroxyl groups excluding tert-OH is 2. The van der Waals surface area contributed by atoms with Crippen molar-refractivity contribution in [3.63, 3.8) is 0 Å². The maximum atomic E-state index is 11.0. The molecule has 0 rings (SSSR count). The quantitative estimate of drug-likeness (QED) is 0.296. The van der Waals surface area contributed by atoms with Crippen molar-refractivity contribution in [2.24, 2.45) is 23.7 Å². The van der Waals surface area contributed by atoms with Gasteiger partial charge in [0.15, 0.2) is 0 Å². The minimum absolute atomic E-state index is 0. The van der Waals surface area contributed by atoms with Crippen molar-refractivity contribution in [2.75, 3.05) is 13.2 Å². The zero-order valence-corrected chi connectivity index (χ0v) is 23.4. The minimum Gasteiger partial charge on any atom is -0.550 e. The molecular formula is C24H46O8Ti. The Balaban J connectivity index is -0.000000112. The molecule has 0 saturated carbocycles. The Kier molecular flexibility index (Phi) is 36.9. The maximum Gasteiger partial charge on any atom is 2.00 e. The Labute approximate surface area is 215 Å². The molecule has 0 aliphatic heterocycles. The van der Waals surface area contributed by atoms with Gasteiger partial charge >= 0.3 is 21.7 Å². The largest absolute Gasteiger partial charge is 2.00 e. The van der Waals surface area contributed by atoms with Crippen LogP contribution in [-0.2, 0) is 40.9 Å². The second-order valence-corrected chi connectivity index (χ2v) is 8.21. The Hall–Kier alpha value is -1.09. The zero-order chi connectivity index (χ0) is 26.3. The van der Waals surface area contributed by atoms with E-state index in [9.17, 15) is 29.4 Å².